The number of para-hydroxylation sites is 2. The Hall–Kier alpha value is -2.40. The highest BCUT2D eigenvalue weighted by Gasteiger charge is 2.11. The molecule has 0 aliphatic rings. The van der Waals surface area contributed by atoms with Gasteiger partial charge in [-0.15, -0.1) is 0 Å². The molecule has 0 aliphatic carbocycles. The molecule has 0 radical (unpaired) electrons. The van der Waals surface area contributed by atoms with Crippen LogP contribution in [0.2, 0.25) is 5.02 Å². The first-order chi connectivity index (χ1) is 11.1. The van der Waals surface area contributed by atoms with Crippen molar-refractivity contribution in [2.24, 2.45) is 0 Å². The summed E-state index contributed by atoms with van der Waals surface area (Å²) in [6.45, 7) is 2.95. The second kappa shape index (κ2) is 6.38. The molecule has 0 aliphatic heterocycles. The van der Waals surface area contributed by atoms with Gasteiger partial charge in [-0.25, -0.2) is 9.37 Å². The summed E-state index contributed by atoms with van der Waals surface area (Å²) in [5.74, 6) is 0.101. The summed E-state index contributed by atoms with van der Waals surface area (Å²) in [5.41, 5.74) is 2.22. The molecule has 0 saturated carbocycles. The van der Waals surface area contributed by atoms with E-state index in [1.54, 1.807) is 0 Å². The fraction of sp³-hybridized carbons (Fsp3) is 0.176. The maximum absolute atomic E-state index is 13.0. The first kappa shape index (κ1) is 15.5. The molecule has 1 amide bonds. The third-order valence-corrected chi connectivity index (χ3v) is 3.95. The summed E-state index contributed by atoms with van der Waals surface area (Å²) in [7, 11) is 0. The van der Waals surface area contributed by atoms with Gasteiger partial charge in [-0.3, -0.25) is 4.79 Å². The largest absolute Gasteiger partial charge is 0.350 e. The zero-order valence-electron chi connectivity index (χ0n) is 12.5. The van der Waals surface area contributed by atoms with Gasteiger partial charge < -0.3 is 9.88 Å². The molecular weight excluding hydrogens is 317 g/mol. The molecule has 1 aromatic heterocycles. The van der Waals surface area contributed by atoms with Crippen LogP contribution in [0, 0.1) is 12.7 Å². The van der Waals surface area contributed by atoms with E-state index in [-0.39, 0.29) is 16.5 Å². The van der Waals surface area contributed by atoms with Gasteiger partial charge in [0.05, 0.1) is 21.6 Å². The summed E-state index contributed by atoms with van der Waals surface area (Å²) in [5, 5.41) is 2.90. The fourth-order valence-corrected chi connectivity index (χ4v) is 2.78. The van der Waals surface area contributed by atoms with Gasteiger partial charge in [0.2, 0.25) is 0 Å². The number of rotatable bonds is 4. The maximum Gasteiger partial charge on any atom is 0.252 e. The van der Waals surface area contributed by atoms with Crippen LogP contribution in [0.4, 0.5) is 4.39 Å². The molecule has 4 nitrogen and oxygen atoms in total. The number of aromatic nitrogens is 2. The molecule has 0 spiro atoms. The van der Waals surface area contributed by atoms with Gasteiger partial charge in [0.25, 0.3) is 5.91 Å². The molecule has 6 heteroatoms. The van der Waals surface area contributed by atoms with Crippen molar-refractivity contribution < 1.29 is 9.18 Å². The van der Waals surface area contributed by atoms with E-state index in [0.29, 0.717) is 13.1 Å². The van der Waals surface area contributed by atoms with E-state index >= 15 is 0 Å². The highest BCUT2D eigenvalue weighted by molar-refractivity contribution is 6.33. The fourth-order valence-electron chi connectivity index (χ4n) is 2.53. The van der Waals surface area contributed by atoms with Crippen molar-refractivity contribution in [1.29, 1.82) is 0 Å². The number of hydrogen-bond donors (Lipinski definition) is 1. The maximum atomic E-state index is 13.0. The number of aryl methyl sites for hydroxylation is 1. The van der Waals surface area contributed by atoms with Gasteiger partial charge in [0.15, 0.2) is 0 Å². The van der Waals surface area contributed by atoms with Crippen molar-refractivity contribution in [3.8, 4) is 0 Å². The monoisotopic (exact) mass is 331 g/mol. The molecule has 118 valence electrons. The molecule has 23 heavy (non-hydrogen) atoms. The number of benzene rings is 2. The predicted octanol–water partition coefficient (Wildman–Crippen LogP) is 3.57. The third-order valence-electron chi connectivity index (χ3n) is 3.64. The average molecular weight is 332 g/mol. The first-order valence-corrected chi connectivity index (χ1v) is 7.59. The van der Waals surface area contributed by atoms with Crippen LogP contribution in [0.15, 0.2) is 42.5 Å². The Morgan fingerprint density at radius 2 is 2.09 bits per heavy atom. The molecule has 0 saturated heterocycles. The van der Waals surface area contributed by atoms with Crippen LogP contribution in [0.3, 0.4) is 0 Å². The van der Waals surface area contributed by atoms with Crippen LogP contribution in [0.25, 0.3) is 11.0 Å². The Balaban J connectivity index is 1.69. The van der Waals surface area contributed by atoms with E-state index in [4.69, 9.17) is 11.6 Å². The average Bonchev–Trinajstić information content (AvgIpc) is 2.83. The second-order valence-electron chi connectivity index (χ2n) is 5.18. The summed E-state index contributed by atoms with van der Waals surface area (Å²) in [6, 6.07) is 11.6. The smallest absolute Gasteiger partial charge is 0.252 e. The van der Waals surface area contributed by atoms with Gasteiger partial charge in [0.1, 0.15) is 11.6 Å². The highest BCUT2D eigenvalue weighted by atomic mass is 35.5. The zero-order valence-corrected chi connectivity index (χ0v) is 13.3. The Labute approximate surface area is 137 Å². The van der Waals surface area contributed by atoms with Crippen LogP contribution >= 0.6 is 11.6 Å². The summed E-state index contributed by atoms with van der Waals surface area (Å²) in [4.78, 5) is 16.6. The molecule has 1 N–H and O–H groups in total. The third kappa shape index (κ3) is 3.19. The number of nitrogens with zero attached hydrogens (tertiary/aromatic N) is 2. The lowest BCUT2D eigenvalue weighted by atomic mass is 10.2. The normalized spacial score (nSPS) is 10.9. The predicted molar refractivity (Wildman–Crippen MR) is 88.2 cm³/mol. The summed E-state index contributed by atoms with van der Waals surface area (Å²) < 4.78 is 15.1. The molecule has 1 heterocycles. The lowest BCUT2D eigenvalue weighted by Crippen LogP contribution is -2.27. The lowest BCUT2D eigenvalue weighted by Gasteiger charge is -2.09. The van der Waals surface area contributed by atoms with E-state index in [0.717, 1.165) is 22.9 Å². The Kier molecular flexibility index (Phi) is 4.30. The summed E-state index contributed by atoms with van der Waals surface area (Å²) in [6.07, 6.45) is 0. The van der Waals surface area contributed by atoms with Gasteiger partial charge in [0, 0.05) is 13.1 Å². The van der Waals surface area contributed by atoms with Crippen molar-refractivity contribution in [2.45, 2.75) is 13.5 Å². The molecular formula is C17H15ClFN3O. The van der Waals surface area contributed by atoms with Crippen LogP contribution in [0.5, 0.6) is 0 Å². The lowest BCUT2D eigenvalue weighted by molar-refractivity contribution is 0.0952. The van der Waals surface area contributed by atoms with Crippen molar-refractivity contribution in [3.05, 3.63) is 64.7 Å². The minimum absolute atomic E-state index is 0.103. The SMILES string of the molecule is Cc1nc2ccccc2n1CCNC(=O)c1ccc(F)cc1Cl. The molecule has 0 atom stereocenters. The highest BCUT2D eigenvalue weighted by Crippen LogP contribution is 2.17. The van der Waals surface area contributed by atoms with Crippen LogP contribution in [-0.4, -0.2) is 22.0 Å². The quantitative estimate of drug-likeness (QED) is 0.794. The van der Waals surface area contributed by atoms with Crippen LogP contribution < -0.4 is 5.32 Å². The molecule has 3 rings (SSSR count). The van der Waals surface area contributed by atoms with Gasteiger partial charge in [-0.1, -0.05) is 23.7 Å². The number of amides is 1. The van der Waals surface area contributed by atoms with Crippen molar-refractivity contribution >= 4 is 28.5 Å². The Bertz CT molecular complexity index is 875. The Morgan fingerprint density at radius 3 is 2.87 bits per heavy atom. The number of carbonyl (C=O) groups excluding carboxylic acids is 1. The number of carbonyl (C=O) groups is 1. The standard InChI is InChI=1S/C17H15ClFN3O/c1-11-21-15-4-2-3-5-16(15)22(11)9-8-20-17(23)13-7-6-12(19)10-14(13)18/h2-7,10H,8-9H2,1H3,(H,20,23). The number of hydrogen-bond acceptors (Lipinski definition) is 2. The molecule has 3 aromatic rings. The van der Waals surface area contributed by atoms with Gasteiger partial charge in [-0.05, 0) is 37.3 Å². The number of fused-ring (bicyclic) bond motifs is 1. The number of halogens is 2. The van der Waals surface area contributed by atoms with Gasteiger partial charge in [-0.2, -0.15) is 0 Å². The Morgan fingerprint density at radius 1 is 1.30 bits per heavy atom. The van der Waals surface area contributed by atoms with Crippen LogP contribution in [-0.2, 0) is 6.54 Å². The summed E-state index contributed by atoms with van der Waals surface area (Å²) >= 11 is 5.89. The van der Waals surface area contributed by atoms with E-state index in [1.807, 2.05) is 35.8 Å². The van der Waals surface area contributed by atoms with E-state index < -0.39 is 5.82 Å². The van der Waals surface area contributed by atoms with E-state index in [2.05, 4.69) is 10.3 Å². The van der Waals surface area contributed by atoms with E-state index in [1.165, 1.54) is 12.1 Å². The zero-order chi connectivity index (χ0) is 16.4. The number of imidazole rings is 1. The molecule has 0 unspecified atom stereocenters. The molecule has 0 fully saturated rings. The minimum Gasteiger partial charge on any atom is -0.350 e. The molecule has 2 aromatic carbocycles. The topological polar surface area (TPSA) is 46.9 Å². The minimum atomic E-state index is -0.466. The molecule has 0 bridgehead atoms. The van der Waals surface area contributed by atoms with Gasteiger partial charge >= 0.3 is 0 Å². The first-order valence-electron chi connectivity index (χ1n) is 7.21. The van der Waals surface area contributed by atoms with E-state index in [9.17, 15) is 9.18 Å². The second-order valence-corrected chi connectivity index (χ2v) is 5.59. The van der Waals surface area contributed by atoms with Crippen LogP contribution in [0.1, 0.15) is 16.2 Å². The van der Waals surface area contributed by atoms with Crippen molar-refractivity contribution in [3.63, 3.8) is 0 Å². The van der Waals surface area contributed by atoms with Crippen molar-refractivity contribution in [2.75, 3.05) is 6.54 Å². The van der Waals surface area contributed by atoms with Crippen molar-refractivity contribution in [1.82, 2.24) is 14.9 Å². The number of nitrogens with one attached hydrogen (secondary N) is 1.